The van der Waals surface area contributed by atoms with Crippen molar-refractivity contribution in [1.29, 1.82) is 0 Å². The van der Waals surface area contributed by atoms with E-state index in [1.54, 1.807) is 11.8 Å². The SMILES string of the molecule is CC.CCCC(CC)N(C)C=NC1=C(C=O)CSc2nccc(N3CCC3)c21. The zero-order valence-corrected chi connectivity index (χ0v) is 18.8. The number of thioether (sulfide) groups is 1. The van der Waals surface area contributed by atoms with Gasteiger partial charge in [0.05, 0.1) is 23.3 Å². The van der Waals surface area contributed by atoms with Crippen LogP contribution in [0.3, 0.4) is 0 Å². The summed E-state index contributed by atoms with van der Waals surface area (Å²) in [6, 6.07) is 2.53. The van der Waals surface area contributed by atoms with Crippen LogP contribution in [0.15, 0.2) is 27.9 Å². The number of aromatic nitrogens is 1. The van der Waals surface area contributed by atoms with E-state index in [1.807, 2.05) is 26.4 Å². The Hall–Kier alpha value is -1.82. The zero-order valence-electron chi connectivity index (χ0n) is 17.9. The number of pyridine rings is 1. The van der Waals surface area contributed by atoms with Crippen LogP contribution in [0.5, 0.6) is 0 Å². The number of carbonyl (C=O) groups is 1. The van der Waals surface area contributed by atoms with E-state index in [4.69, 9.17) is 4.99 Å². The van der Waals surface area contributed by atoms with E-state index < -0.39 is 0 Å². The molecule has 0 bridgehead atoms. The normalized spacial score (nSPS) is 16.8. The molecule has 2 aliphatic heterocycles. The Kier molecular flexibility index (Phi) is 9.03. The van der Waals surface area contributed by atoms with Crippen LogP contribution < -0.4 is 4.90 Å². The van der Waals surface area contributed by atoms with Crippen molar-refractivity contribution in [2.24, 2.45) is 4.99 Å². The summed E-state index contributed by atoms with van der Waals surface area (Å²) in [7, 11) is 2.08. The first-order valence-corrected chi connectivity index (χ1v) is 11.5. The topological polar surface area (TPSA) is 48.8 Å². The van der Waals surface area contributed by atoms with E-state index in [1.165, 1.54) is 6.42 Å². The molecule has 1 aromatic heterocycles. The standard InChI is InChI=1S/C20H28N4OS.C2H6/c1-4-7-16(5-2)23(3)14-22-19-15(12-25)13-26-20-18(19)17(8-9-21-20)24-10-6-11-24;1-2/h8-9,12,14,16H,4-7,10-11,13H2,1-3H3;1-2H3. The highest BCUT2D eigenvalue weighted by Gasteiger charge is 2.27. The molecule has 1 atom stereocenters. The van der Waals surface area contributed by atoms with Gasteiger partial charge in [-0.15, -0.1) is 11.8 Å². The van der Waals surface area contributed by atoms with Crippen LogP contribution >= 0.6 is 11.8 Å². The summed E-state index contributed by atoms with van der Waals surface area (Å²) < 4.78 is 0. The second-order valence-corrected chi connectivity index (χ2v) is 7.86. The maximum absolute atomic E-state index is 11.7. The lowest BCUT2D eigenvalue weighted by Crippen LogP contribution is -2.38. The van der Waals surface area contributed by atoms with E-state index in [-0.39, 0.29) is 0 Å². The molecule has 0 amide bonds. The Morgan fingerprint density at radius 2 is 2.11 bits per heavy atom. The second kappa shape index (κ2) is 11.2. The lowest BCUT2D eigenvalue weighted by molar-refractivity contribution is -0.104. The van der Waals surface area contributed by atoms with Gasteiger partial charge in [0.1, 0.15) is 11.3 Å². The summed E-state index contributed by atoms with van der Waals surface area (Å²) in [5.74, 6) is 0.634. The van der Waals surface area contributed by atoms with Gasteiger partial charge < -0.3 is 9.80 Å². The lowest BCUT2D eigenvalue weighted by Gasteiger charge is -2.36. The smallest absolute Gasteiger partial charge is 0.149 e. The molecule has 0 spiro atoms. The molecular weight excluding hydrogens is 368 g/mol. The second-order valence-electron chi connectivity index (χ2n) is 6.89. The fraction of sp³-hybridized carbons (Fsp3) is 0.591. The number of anilines is 1. The third-order valence-electron chi connectivity index (χ3n) is 5.18. The molecule has 1 aromatic rings. The number of hydrogen-bond donors (Lipinski definition) is 0. The molecule has 0 aliphatic carbocycles. The average molecular weight is 403 g/mol. The van der Waals surface area contributed by atoms with E-state index in [2.05, 4.69) is 41.7 Å². The number of fused-ring (bicyclic) bond motifs is 1. The van der Waals surface area contributed by atoms with Gasteiger partial charge in [-0.3, -0.25) is 4.79 Å². The van der Waals surface area contributed by atoms with Crippen LogP contribution in [-0.2, 0) is 4.79 Å². The maximum Gasteiger partial charge on any atom is 0.149 e. The van der Waals surface area contributed by atoms with Gasteiger partial charge in [0, 0.05) is 43.7 Å². The minimum Gasteiger partial charge on any atom is -0.371 e. The molecule has 154 valence electrons. The van der Waals surface area contributed by atoms with Crippen molar-refractivity contribution in [2.75, 3.05) is 30.8 Å². The third kappa shape index (κ3) is 4.96. The van der Waals surface area contributed by atoms with Crippen LogP contribution in [-0.4, -0.2) is 54.4 Å². The molecule has 3 rings (SSSR count). The van der Waals surface area contributed by atoms with Crippen molar-refractivity contribution in [3.05, 3.63) is 23.4 Å². The van der Waals surface area contributed by atoms with E-state index >= 15 is 0 Å². The third-order valence-corrected chi connectivity index (χ3v) is 6.21. The quantitative estimate of drug-likeness (QED) is 0.353. The fourth-order valence-corrected chi connectivity index (χ4v) is 4.45. The lowest BCUT2D eigenvalue weighted by atomic mass is 10.0. The van der Waals surface area contributed by atoms with Gasteiger partial charge in [-0.2, -0.15) is 0 Å². The fourth-order valence-electron chi connectivity index (χ4n) is 3.47. The average Bonchev–Trinajstić information content (AvgIpc) is 2.70. The number of aliphatic imine (C=N–C) groups is 1. The molecule has 6 heteroatoms. The Bertz CT molecular complexity index is 712. The Morgan fingerprint density at radius 1 is 1.36 bits per heavy atom. The summed E-state index contributed by atoms with van der Waals surface area (Å²) in [6.45, 7) is 10.5. The van der Waals surface area contributed by atoms with Gasteiger partial charge >= 0.3 is 0 Å². The van der Waals surface area contributed by atoms with Gasteiger partial charge in [0.15, 0.2) is 0 Å². The van der Waals surface area contributed by atoms with Crippen molar-refractivity contribution in [3.8, 4) is 0 Å². The predicted octanol–water partition coefficient (Wildman–Crippen LogP) is 4.87. The van der Waals surface area contributed by atoms with Crippen LogP contribution in [0.2, 0.25) is 0 Å². The molecular formula is C22H34N4OS. The summed E-state index contributed by atoms with van der Waals surface area (Å²) >= 11 is 1.63. The molecule has 1 fully saturated rings. The van der Waals surface area contributed by atoms with Crippen molar-refractivity contribution < 1.29 is 4.79 Å². The predicted molar refractivity (Wildman–Crippen MR) is 121 cm³/mol. The molecule has 28 heavy (non-hydrogen) atoms. The molecule has 0 saturated carbocycles. The zero-order chi connectivity index (χ0) is 20.5. The van der Waals surface area contributed by atoms with E-state index in [0.717, 1.165) is 66.2 Å². The van der Waals surface area contributed by atoms with Gasteiger partial charge in [-0.05, 0) is 25.3 Å². The number of hydrogen-bond acceptors (Lipinski definition) is 5. The van der Waals surface area contributed by atoms with E-state index in [0.29, 0.717) is 11.8 Å². The van der Waals surface area contributed by atoms with E-state index in [9.17, 15) is 4.79 Å². The minimum atomic E-state index is 0.477. The maximum atomic E-state index is 11.7. The first-order chi connectivity index (χ1) is 13.7. The first-order valence-electron chi connectivity index (χ1n) is 10.5. The molecule has 2 aliphatic rings. The van der Waals surface area contributed by atoms with Crippen molar-refractivity contribution >= 4 is 35.8 Å². The molecule has 0 aromatic carbocycles. The monoisotopic (exact) mass is 402 g/mol. The van der Waals surface area contributed by atoms with Crippen LogP contribution in [0.4, 0.5) is 5.69 Å². The van der Waals surface area contributed by atoms with Crippen molar-refractivity contribution in [1.82, 2.24) is 9.88 Å². The minimum absolute atomic E-state index is 0.477. The van der Waals surface area contributed by atoms with Crippen LogP contribution in [0.25, 0.3) is 5.70 Å². The highest BCUT2D eigenvalue weighted by molar-refractivity contribution is 7.99. The molecule has 3 heterocycles. The molecule has 1 unspecified atom stereocenters. The molecule has 5 nitrogen and oxygen atoms in total. The summed E-state index contributed by atoms with van der Waals surface area (Å²) in [5.41, 5.74) is 3.73. The molecule has 0 radical (unpaired) electrons. The van der Waals surface area contributed by atoms with Crippen molar-refractivity contribution in [3.63, 3.8) is 0 Å². The Labute approximate surface area is 174 Å². The Morgan fingerprint density at radius 3 is 2.68 bits per heavy atom. The van der Waals surface area contributed by atoms with Crippen LogP contribution in [0.1, 0.15) is 58.9 Å². The van der Waals surface area contributed by atoms with Crippen LogP contribution in [0, 0.1) is 0 Å². The first kappa shape index (κ1) is 22.5. The number of nitrogens with zero attached hydrogens (tertiary/aromatic N) is 4. The largest absolute Gasteiger partial charge is 0.371 e. The number of aldehydes is 1. The van der Waals surface area contributed by atoms with Gasteiger partial charge in [0.2, 0.25) is 0 Å². The van der Waals surface area contributed by atoms with Gasteiger partial charge in [0.25, 0.3) is 0 Å². The highest BCUT2D eigenvalue weighted by atomic mass is 32.2. The summed E-state index contributed by atoms with van der Waals surface area (Å²) in [4.78, 5) is 25.6. The van der Waals surface area contributed by atoms with Gasteiger partial charge in [-0.25, -0.2) is 9.98 Å². The summed E-state index contributed by atoms with van der Waals surface area (Å²) in [6.07, 6.45) is 9.32. The number of rotatable bonds is 8. The van der Waals surface area contributed by atoms with Crippen molar-refractivity contribution in [2.45, 2.75) is 64.4 Å². The number of carbonyl (C=O) groups excluding carboxylic acids is 1. The Balaban J connectivity index is 0.00000136. The molecule has 1 saturated heterocycles. The van der Waals surface area contributed by atoms with Gasteiger partial charge in [-0.1, -0.05) is 34.1 Å². The summed E-state index contributed by atoms with van der Waals surface area (Å²) in [5, 5.41) is 0.982. The molecule has 0 N–H and O–H groups in total. The highest BCUT2D eigenvalue weighted by Crippen LogP contribution is 2.42.